The number of hydrogen-bond donors (Lipinski definition) is 1. The minimum atomic E-state index is -0.870. The maximum atomic E-state index is 12.0. The number of amides is 2. The topological polar surface area (TPSA) is 60.9 Å². The van der Waals surface area contributed by atoms with Crippen LogP contribution < -0.4 is 4.90 Å². The molecule has 1 N–H and O–H groups in total. The number of para-hydroxylation sites is 1. The molecule has 90 valence electrons. The van der Waals surface area contributed by atoms with Gasteiger partial charge in [-0.2, -0.15) is 0 Å². The fourth-order valence-corrected chi connectivity index (χ4v) is 1.95. The van der Waals surface area contributed by atoms with Crippen LogP contribution in [0.5, 0.6) is 0 Å². The number of carbonyl (C=O) groups is 2. The summed E-state index contributed by atoms with van der Waals surface area (Å²) in [5.41, 5.74) is 0.732. The fourth-order valence-electron chi connectivity index (χ4n) is 1.95. The molecule has 0 aromatic heterocycles. The van der Waals surface area contributed by atoms with E-state index >= 15 is 0 Å². The van der Waals surface area contributed by atoms with E-state index in [1.54, 1.807) is 19.2 Å². The van der Waals surface area contributed by atoms with E-state index in [1.165, 1.54) is 9.80 Å². The number of aliphatic carboxylic acids is 1. The lowest BCUT2D eigenvalue weighted by molar-refractivity contribution is -0.141. The van der Waals surface area contributed by atoms with E-state index in [-0.39, 0.29) is 19.1 Å². The molecule has 5 heteroatoms. The predicted molar refractivity (Wildman–Crippen MR) is 62.9 cm³/mol. The Morgan fingerprint density at radius 2 is 1.94 bits per heavy atom. The number of benzene rings is 1. The molecule has 1 heterocycles. The van der Waals surface area contributed by atoms with Crippen molar-refractivity contribution in [3.05, 3.63) is 30.3 Å². The standard InChI is InChI=1S/C12H14N2O3/c1-13-7-9(11(15)16)8-14(12(13)17)10-5-3-2-4-6-10/h2-6,9H,7-8H2,1H3,(H,15,16). The molecular formula is C12H14N2O3. The fraction of sp³-hybridized carbons (Fsp3) is 0.333. The molecule has 0 aliphatic carbocycles. The van der Waals surface area contributed by atoms with Gasteiger partial charge in [-0.1, -0.05) is 18.2 Å². The van der Waals surface area contributed by atoms with E-state index in [0.717, 1.165) is 5.69 Å². The molecule has 1 saturated heterocycles. The molecule has 1 aliphatic heterocycles. The molecule has 0 radical (unpaired) electrons. The van der Waals surface area contributed by atoms with Crippen LogP contribution in [-0.4, -0.2) is 42.1 Å². The quantitative estimate of drug-likeness (QED) is 0.838. The van der Waals surface area contributed by atoms with Crippen molar-refractivity contribution in [2.45, 2.75) is 0 Å². The third-order valence-electron chi connectivity index (χ3n) is 2.87. The van der Waals surface area contributed by atoms with E-state index in [4.69, 9.17) is 5.11 Å². The van der Waals surface area contributed by atoms with Crippen molar-refractivity contribution in [3.63, 3.8) is 0 Å². The molecule has 17 heavy (non-hydrogen) atoms. The van der Waals surface area contributed by atoms with Gasteiger partial charge in [0, 0.05) is 25.8 Å². The molecule has 1 fully saturated rings. The Morgan fingerprint density at radius 3 is 2.53 bits per heavy atom. The average molecular weight is 234 g/mol. The van der Waals surface area contributed by atoms with Crippen molar-refractivity contribution in [2.75, 3.05) is 25.0 Å². The average Bonchev–Trinajstić information content (AvgIpc) is 2.33. The number of hydrogen-bond acceptors (Lipinski definition) is 2. The van der Waals surface area contributed by atoms with Crippen LogP contribution in [0.25, 0.3) is 0 Å². The van der Waals surface area contributed by atoms with Crippen LogP contribution in [0.2, 0.25) is 0 Å². The summed E-state index contributed by atoms with van der Waals surface area (Å²) in [6, 6.07) is 8.95. The number of nitrogens with zero attached hydrogens (tertiary/aromatic N) is 2. The Balaban J connectivity index is 2.26. The van der Waals surface area contributed by atoms with Gasteiger partial charge < -0.3 is 10.0 Å². The molecule has 1 aromatic rings. The summed E-state index contributed by atoms with van der Waals surface area (Å²) >= 11 is 0. The van der Waals surface area contributed by atoms with Gasteiger partial charge in [0.05, 0.1) is 5.92 Å². The van der Waals surface area contributed by atoms with Gasteiger partial charge in [-0.3, -0.25) is 9.69 Å². The third kappa shape index (κ3) is 2.22. The number of carboxylic acids is 1. The summed E-state index contributed by atoms with van der Waals surface area (Å²) in [6.07, 6.45) is 0. The highest BCUT2D eigenvalue weighted by Gasteiger charge is 2.34. The van der Waals surface area contributed by atoms with Crippen LogP contribution in [-0.2, 0) is 4.79 Å². The lowest BCUT2D eigenvalue weighted by Gasteiger charge is -2.36. The van der Waals surface area contributed by atoms with E-state index in [0.29, 0.717) is 0 Å². The van der Waals surface area contributed by atoms with Gasteiger partial charge >= 0.3 is 12.0 Å². The Hall–Kier alpha value is -2.04. The first-order valence-corrected chi connectivity index (χ1v) is 5.40. The number of carbonyl (C=O) groups excluding carboxylic acids is 1. The first-order chi connectivity index (χ1) is 8.09. The summed E-state index contributed by atoms with van der Waals surface area (Å²) in [7, 11) is 1.62. The van der Waals surface area contributed by atoms with Crippen molar-refractivity contribution in [1.82, 2.24) is 4.90 Å². The maximum Gasteiger partial charge on any atom is 0.324 e. The number of rotatable bonds is 2. The van der Waals surface area contributed by atoms with E-state index < -0.39 is 11.9 Å². The minimum Gasteiger partial charge on any atom is -0.481 e. The second kappa shape index (κ2) is 4.45. The SMILES string of the molecule is CN1CC(C(=O)O)CN(c2ccccc2)C1=O. The lowest BCUT2D eigenvalue weighted by atomic mass is 10.1. The maximum absolute atomic E-state index is 12.0. The molecule has 0 spiro atoms. The van der Waals surface area contributed by atoms with Crippen LogP contribution in [0.3, 0.4) is 0 Å². The first-order valence-electron chi connectivity index (χ1n) is 5.40. The van der Waals surface area contributed by atoms with Crippen LogP contribution in [0.15, 0.2) is 30.3 Å². The molecule has 1 atom stereocenters. The highest BCUT2D eigenvalue weighted by Crippen LogP contribution is 2.21. The van der Waals surface area contributed by atoms with Crippen molar-refractivity contribution < 1.29 is 14.7 Å². The summed E-state index contributed by atoms with van der Waals surface area (Å²) < 4.78 is 0. The predicted octanol–water partition coefficient (Wildman–Crippen LogP) is 1.26. The van der Waals surface area contributed by atoms with Crippen LogP contribution in [0, 0.1) is 5.92 Å². The summed E-state index contributed by atoms with van der Waals surface area (Å²) in [6.45, 7) is 0.486. The van der Waals surface area contributed by atoms with Crippen molar-refractivity contribution in [3.8, 4) is 0 Å². The Bertz CT molecular complexity index is 433. The molecule has 2 amide bonds. The molecule has 1 unspecified atom stereocenters. The van der Waals surface area contributed by atoms with Crippen molar-refractivity contribution in [2.24, 2.45) is 5.92 Å². The summed E-state index contributed by atoms with van der Waals surface area (Å²) in [4.78, 5) is 25.9. The van der Waals surface area contributed by atoms with Gasteiger partial charge in [-0.05, 0) is 12.1 Å². The number of carboxylic acid groups (broad SMARTS) is 1. The second-order valence-corrected chi connectivity index (χ2v) is 4.14. The first kappa shape index (κ1) is 11.4. The summed E-state index contributed by atoms with van der Waals surface area (Å²) in [5.74, 6) is -1.41. The number of anilines is 1. The van der Waals surface area contributed by atoms with Gasteiger partial charge in [0.15, 0.2) is 0 Å². The van der Waals surface area contributed by atoms with Gasteiger partial charge in [0.1, 0.15) is 0 Å². The molecule has 5 nitrogen and oxygen atoms in total. The zero-order chi connectivity index (χ0) is 12.4. The van der Waals surface area contributed by atoms with Crippen molar-refractivity contribution >= 4 is 17.7 Å². The zero-order valence-electron chi connectivity index (χ0n) is 9.54. The zero-order valence-corrected chi connectivity index (χ0v) is 9.54. The Labute approximate surface area is 99.3 Å². The molecule has 1 aliphatic rings. The molecular weight excluding hydrogens is 220 g/mol. The van der Waals surface area contributed by atoms with E-state index in [9.17, 15) is 9.59 Å². The Morgan fingerprint density at radius 1 is 1.29 bits per heavy atom. The molecule has 0 saturated carbocycles. The van der Waals surface area contributed by atoms with Gasteiger partial charge in [-0.15, -0.1) is 0 Å². The largest absolute Gasteiger partial charge is 0.481 e. The van der Waals surface area contributed by atoms with Gasteiger partial charge in [0.25, 0.3) is 0 Å². The van der Waals surface area contributed by atoms with Gasteiger partial charge in [0.2, 0.25) is 0 Å². The van der Waals surface area contributed by atoms with Crippen LogP contribution in [0.1, 0.15) is 0 Å². The van der Waals surface area contributed by atoms with Gasteiger partial charge in [-0.25, -0.2) is 4.79 Å². The highest BCUT2D eigenvalue weighted by molar-refractivity contribution is 5.94. The van der Waals surface area contributed by atoms with Crippen LogP contribution in [0.4, 0.5) is 10.5 Å². The van der Waals surface area contributed by atoms with E-state index in [2.05, 4.69) is 0 Å². The van der Waals surface area contributed by atoms with Crippen LogP contribution >= 0.6 is 0 Å². The normalized spacial score (nSPS) is 20.5. The smallest absolute Gasteiger partial charge is 0.324 e. The Kier molecular flexibility index (Phi) is 2.99. The second-order valence-electron chi connectivity index (χ2n) is 4.14. The van der Waals surface area contributed by atoms with Crippen molar-refractivity contribution in [1.29, 1.82) is 0 Å². The third-order valence-corrected chi connectivity index (χ3v) is 2.87. The van der Waals surface area contributed by atoms with E-state index in [1.807, 2.05) is 18.2 Å². The minimum absolute atomic E-state index is 0.159. The summed E-state index contributed by atoms with van der Waals surface area (Å²) in [5, 5.41) is 9.04. The molecule has 2 rings (SSSR count). The number of urea groups is 1. The molecule has 0 bridgehead atoms. The lowest BCUT2D eigenvalue weighted by Crippen LogP contribution is -2.54. The highest BCUT2D eigenvalue weighted by atomic mass is 16.4. The monoisotopic (exact) mass is 234 g/mol. The molecule has 1 aromatic carbocycles.